The summed E-state index contributed by atoms with van der Waals surface area (Å²) in [7, 11) is 1.90. The molecule has 0 saturated heterocycles. The van der Waals surface area contributed by atoms with Crippen LogP contribution in [0.4, 0.5) is 16.0 Å². The third-order valence-corrected chi connectivity index (χ3v) is 4.00. The molecule has 1 aliphatic heterocycles. The number of hydrogen-bond acceptors (Lipinski definition) is 10. The van der Waals surface area contributed by atoms with Crippen LogP contribution >= 0.6 is 24.0 Å². The summed E-state index contributed by atoms with van der Waals surface area (Å²) < 4.78 is 10.4. The SMILES string of the molecule is CN(CCS)c1nnc(/N=N/c2cc3c(cc2O)OCO3)s1. The Kier molecular flexibility index (Phi) is 4.29. The van der Waals surface area contributed by atoms with Gasteiger partial charge in [0.25, 0.3) is 5.13 Å². The van der Waals surface area contributed by atoms with E-state index in [-0.39, 0.29) is 18.2 Å². The summed E-state index contributed by atoms with van der Waals surface area (Å²) in [5.74, 6) is 1.70. The van der Waals surface area contributed by atoms with E-state index in [0.717, 1.165) is 17.4 Å². The summed E-state index contributed by atoms with van der Waals surface area (Å²) >= 11 is 5.48. The van der Waals surface area contributed by atoms with E-state index < -0.39 is 0 Å². The van der Waals surface area contributed by atoms with Crippen LogP contribution in [-0.2, 0) is 0 Å². The molecule has 0 fully saturated rings. The van der Waals surface area contributed by atoms with Gasteiger partial charge < -0.3 is 19.5 Å². The summed E-state index contributed by atoms with van der Waals surface area (Å²) in [6, 6.07) is 3.01. The average Bonchev–Trinajstić information content (AvgIpc) is 3.13. The lowest BCUT2D eigenvalue weighted by molar-refractivity contribution is 0.174. The molecule has 2 heterocycles. The quantitative estimate of drug-likeness (QED) is 0.643. The smallest absolute Gasteiger partial charge is 0.253 e. The van der Waals surface area contributed by atoms with E-state index >= 15 is 0 Å². The first-order chi connectivity index (χ1) is 10.7. The van der Waals surface area contributed by atoms with Crippen LogP contribution < -0.4 is 14.4 Å². The zero-order valence-corrected chi connectivity index (χ0v) is 13.3. The molecule has 0 aliphatic carbocycles. The van der Waals surface area contributed by atoms with Gasteiger partial charge in [0.2, 0.25) is 11.9 Å². The van der Waals surface area contributed by atoms with Crippen molar-refractivity contribution in [3.8, 4) is 17.2 Å². The van der Waals surface area contributed by atoms with Gasteiger partial charge in [-0.3, -0.25) is 0 Å². The van der Waals surface area contributed by atoms with Crippen LogP contribution in [0.1, 0.15) is 0 Å². The van der Waals surface area contributed by atoms with Crippen molar-refractivity contribution in [1.82, 2.24) is 10.2 Å². The topological polar surface area (TPSA) is 92.4 Å². The Balaban J connectivity index is 1.77. The van der Waals surface area contributed by atoms with E-state index in [4.69, 9.17) is 9.47 Å². The first-order valence-corrected chi connectivity index (χ1v) is 7.82. The molecule has 10 heteroatoms. The van der Waals surface area contributed by atoms with Crippen LogP contribution in [0.25, 0.3) is 0 Å². The third-order valence-electron chi connectivity index (χ3n) is 2.88. The summed E-state index contributed by atoms with van der Waals surface area (Å²) in [6.07, 6.45) is 0. The number of rotatable bonds is 5. The summed E-state index contributed by atoms with van der Waals surface area (Å²) in [4.78, 5) is 1.93. The van der Waals surface area contributed by atoms with Gasteiger partial charge in [0.05, 0.1) is 0 Å². The fourth-order valence-corrected chi connectivity index (χ4v) is 2.70. The second-order valence-electron chi connectivity index (χ2n) is 4.41. The number of anilines is 1. The van der Waals surface area contributed by atoms with Crippen molar-refractivity contribution in [3.63, 3.8) is 0 Å². The highest BCUT2D eigenvalue weighted by atomic mass is 32.1. The number of nitrogens with zero attached hydrogens (tertiary/aromatic N) is 5. The Morgan fingerprint density at radius 3 is 2.86 bits per heavy atom. The number of thiol groups is 1. The number of phenolic OH excluding ortho intramolecular Hbond substituents is 1. The van der Waals surface area contributed by atoms with E-state index in [1.54, 1.807) is 6.07 Å². The van der Waals surface area contributed by atoms with Gasteiger partial charge in [0.1, 0.15) is 11.4 Å². The van der Waals surface area contributed by atoms with Crippen LogP contribution in [-0.4, -0.2) is 41.4 Å². The van der Waals surface area contributed by atoms with Gasteiger partial charge >= 0.3 is 0 Å². The third kappa shape index (κ3) is 3.07. The molecule has 8 nitrogen and oxygen atoms in total. The highest BCUT2D eigenvalue weighted by Crippen LogP contribution is 2.42. The number of fused-ring (bicyclic) bond motifs is 1. The van der Waals surface area contributed by atoms with Gasteiger partial charge in [-0.05, 0) is 0 Å². The summed E-state index contributed by atoms with van der Waals surface area (Å²) in [6.45, 7) is 0.893. The molecule has 0 spiro atoms. The summed E-state index contributed by atoms with van der Waals surface area (Å²) in [5.41, 5.74) is 0.282. The number of ether oxygens (including phenoxy) is 2. The largest absolute Gasteiger partial charge is 0.505 e. The Morgan fingerprint density at radius 2 is 2.09 bits per heavy atom. The summed E-state index contributed by atoms with van der Waals surface area (Å²) in [5, 5.41) is 27.0. The maximum absolute atomic E-state index is 9.88. The Bertz CT molecular complexity index is 706. The first kappa shape index (κ1) is 14.9. The molecule has 0 atom stereocenters. The molecule has 1 N–H and O–H groups in total. The first-order valence-electron chi connectivity index (χ1n) is 6.37. The van der Waals surface area contributed by atoms with Crippen molar-refractivity contribution in [1.29, 1.82) is 0 Å². The van der Waals surface area contributed by atoms with E-state index in [9.17, 15) is 5.11 Å². The Hall–Kier alpha value is -2.07. The standard InChI is InChI=1S/C12H13N5O3S2/c1-17(2-3-21)12-16-15-11(22-12)14-13-7-4-9-10(5-8(7)18)20-6-19-9/h4-5,18,21H,2-3,6H2,1H3/b14-13+. The lowest BCUT2D eigenvalue weighted by atomic mass is 10.2. The second kappa shape index (κ2) is 6.36. The van der Waals surface area contributed by atoms with Gasteiger partial charge in [0, 0.05) is 31.5 Å². The van der Waals surface area contributed by atoms with Crippen LogP contribution in [0.15, 0.2) is 22.4 Å². The average molecular weight is 339 g/mol. The normalized spacial score (nSPS) is 13.0. The minimum Gasteiger partial charge on any atom is -0.505 e. The van der Waals surface area contributed by atoms with Crippen molar-refractivity contribution in [2.24, 2.45) is 10.2 Å². The minimum absolute atomic E-state index is 0.0371. The zero-order chi connectivity index (χ0) is 15.5. The molecule has 0 unspecified atom stereocenters. The number of aromatic hydroxyl groups is 1. The monoisotopic (exact) mass is 339 g/mol. The van der Waals surface area contributed by atoms with Crippen LogP contribution in [0, 0.1) is 0 Å². The van der Waals surface area contributed by atoms with Crippen molar-refractivity contribution in [2.45, 2.75) is 0 Å². The molecular weight excluding hydrogens is 326 g/mol. The molecule has 0 saturated carbocycles. The molecule has 22 heavy (non-hydrogen) atoms. The molecule has 1 aliphatic rings. The van der Waals surface area contributed by atoms with Crippen LogP contribution in [0.5, 0.6) is 17.2 Å². The fourth-order valence-electron chi connectivity index (χ4n) is 1.75. The molecule has 3 rings (SSSR count). The molecule has 0 radical (unpaired) electrons. The lowest BCUT2D eigenvalue weighted by Gasteiger charge is -2.11. The lowest BCUT2D eigenvalue weighted by Crippen LogP contribution is -2.19. The Morgan fingerprint density at radius 1 is 1.32 bits per heavy atom. The number of azo groups is 1. The fraction of sp³-hybridized carbons (Fsp3) is 0.333. The zero-order valence-electron chi connectivity index (χ0n) is 11.6. The highest BCUT2D eigenvalue weighted by molar-refractivity contribution is 7.80. The molecular formula is C12H13N5O3S2. The molecule has 0 bridgehead atoms. The predicted molar refractivity (Wildman–Crippen MR) is 85.4 cm³/mol. The molecule has 1 aromatic heterocycles. The second-order valence-corrected chi connectivity index (χ2v) is 5.79. The number of hydrogen-bond donors (Lipinski definition) is 2. The van der Waals surface area contributed by atoms with E-state index in [2.05, 4.69) is 33.1 Å². The van der Waals surface area contributed by atoms with Gasteiger partial charge in [-0.25, -0.2) is 0 Å². The molecule has 1 aromatic carbocycles. The van der Waals surface area contributed by atoms with Gasteiger partial charge in [-0.15, -0.1) is 20.4 Å². The number of phenols is 1. The number of benzene rings is 1. The maximum Gasteiger partial charge on any atom is 0.253 e. The van der Waals surface area contributed by atoms with Gasteiger partial charge in [0.15, 0.2) is 11.5 Å². The van der Waals surface area contributed by atoms with Gasteiger partial charge in [-0.2, -0.15) is 12.6 Å². The van der Waals surface area contributed by atoms with Crippen molar-refractivity contribution in [3.05, 3.63) is 12.1 Å². The predicted octanol–water partition coefficient (Wildman–Crippen LogP) is 2.75. The van der Waals surface area contributed by atoms with Crippen molar-refractivity contribution >= 4 is 39.9 Å². The van der Waals surface area contributed by atoms with E-state index in [1.165, 1.54) is 17.4 Å². The minimum atomic E-state index is -0.0371. The maximum atomic E-state index is 9.88. The number of aromatic nitrogens is 2. The molecule has 116 valence electrons. The molecule has 2 aromatic rings. The Labute approximate surface area is 135 Å². The molecule has 0 amide bonds. The van der Waals surface area contributed by atoms with Crippen LogP contribution in [0.2, 0.25) is 0 Å². The van der Waals surface area contributed by atoms with E-state index in [0.29, 0.717) is 16.6 Å². The van der Waals surface area contributed by atoms with Crippen molar-refractivity contribution in [2.75, 3.05) is 31.0 Å². The van der Waals surface area contributed by atoms with Crippen molar-refractivity contribution < 1.29 is 14.6 Å². The van der Waals surface area contributed by atoms with Gasteiger partial charge in [-0.1, -0.05) is 11.3 Å². The highest BCUT2D eigenvalue weighted by Gasteiger charge is 2.17. The van der Waals surface area contributed by atoms with E-state index in [1.807, 2.05) is 11.9 Å². The van der Waals surface area contributed by atoms with Crippen LogP contribution in [0.3, 0.4) is 0 Å².